The molecule has 0 bridgehead atoms. The summed E-state index contributed by atoms with van der Waals surface area (Å²) >= 11 is 0. The number of methoxy groups -OCH3 is 1. The molecule has 2 aliphatic rings. The zero-order chi connectivity index (χ0) is 15.6. The number of benzene rings is 1. The maximum absolute atomic E-state index is 6.05. The number of nitrogens with one attached hydrogen (secondary N) is 1. The van der Waals surface area contributed by atoms with E-state index in [4.69, 9.17) is 14.5 Å². The van der Waals surface area contributed by atoms with E-state index in [1.54, 1.807) is 7.11 Å². The van der Waals surface area contributed by atoms with Gasteiger partial charge in [-0.2, -0.15) is 0 Å². The summed E-state index contributed by atoms with van der Waals surface area (Å²) in [4.78, 5) is 4.69. The maximum Gasteiger partial charge on any atom is 0.127 e. The average molecular weight is 308 g/mol. The molecule has 0 spiro atoms. The van der Waals surface area contributed by atoms with Crippen molar-refractivity contribution in [2.75, 3.05) is 20.2 Å². The van der Waals surface area contributed by atoms with Crippen molar-refractivity contribution in [2.24, 2.45) is 0 Å². The molecule has 3 heterocycles. The summed E-state index contributed by atoms with van der Waals surface area (Å²) in [5.41, 5.74) is 5.97. The van der Waals surface area contributed by atoms with Crippen molar-refractivity contribution in [1.29, 1.82) is 0 Å². The third kappa shape index (κ3) is 2.59. The number of ether oxygens (including phenoxy) is 2. The molecule has 0 aliphatic carbocycles. The summed E-state index contributed by atoms with van der Waals surface area (Å²) in [6.07, 6.45) is 3.95. The molecule has 1 aromatic carbocycles. The van der Waals surface area contributed by atoms with Crippen LogP contribution < -0.4 is 14.8 Å². The Morgan fingerprint density at radius 1 is 1.17 bits per heavy atom. The van der Waals surface area contributed by atoms with Gasteiger partial charge in [0.15, 0.2) is 0 Å². The van der Waals surface area contributed by atoms with Gasteiger partial charge >= 0.3 is 0 Å². The van der Waals surface area contributed by atoms with Crippen molar-refractivity contribution in [3.05, 3.63) is 58.9 Å². The van der Waals surface area contributed by atoms with Gasteiger partial charge < -0.3 is 14.8 Å². The lowest BCUT2D eigenvalue weighted by Gasteiger charge is -2.21. The fourth-order valence-electron chi connectivity index (χ4n) is 3.36. The van der Waals surface area contributed by atoms with Crippen LogP contribution in [0.5, 0.6) is 11.5 Å². The first-order chi connectivity index (χ1) is 11.4. The highest BCUT2D eigenvalue weighted by atomic mass is 16.5. The zero-order valence-corrected chi connectivity index (χ0v) is 13.3. The molecular weight excluding hydrogens is 288 g/mol. The minimum Gasteiger partial charge on any atom is -0.497 e. The summed E-state index contributed by atoms with van der Waals surface area (Å²) in [7, 11) is 1.70. The largest absolute Gasteiger partial charge is 0.497 e. The first kappa shape index (κ1) is 14.3. The van der Waals surface area contributed by atoms with Gasteiger partial charge in [0, 0.05) is 22.9 Å². The molecule has 1 saturated heterocycles. The predicted octanol–water partition coefficient (Wildman–Crippen LogP) is 3.17. The molecule has 2 aromatic rings. The molecule has 0 unspecified atom stereocenters. The van der Waals surface area contributed by atoms with Crippen molar-refractivity contribution < 1.29 is 9.47 Å². The highest BCUT2D eigenvalue weighted by molar-refractivity contribution is 5.86. The van der Waals surface area contributed by atoms with E-state index in [1.165, 1.54) is 11.1 Å². The Morgan fingerprint density at radius 3 is 2.87 bits per heavy atom. The summed E-state index contributed by atoms with van der Waals surface area (Å²) < 4.78 is 11.5. The second-order valence-corrected chi connectivity index (χ2v) is 5.89. The molecule has 1 N–H and O–H groups in total. The second kappa shape index (κ2) is 6.05. The first-order valence-corrected chi connectivity index (χ1v) is 8.05. The number of hydrogen-bond donors (Lipinski definition) is 1. The van der Waals surface area contributed by atoms with Crippen LogP contribution in [-0.4, -0.2) is 25.2 Å². The number of nitrogens with zero attached hydrogens (tertiary/aromatic N) is 1. The Morgan fingerprint density at radius 2 is 2.04 bits per heavy atom. The van der Waals surface area contributed by atoms with Crippen LogP contribution in [0.4, 0.5) is 0 Å². The van der Waals surface area contributed by atoms with Crippen LogP contribution in [0, 0.1) is 0 Å². The number of aromatic nitrogens is 1. The standard InChI is InChI=1S/C19H20N2O2/c1-22-15-4-5-17-16(11-15)18(13-6-9-20-10-7-13)19-14(12-23-17)3-2-8-21-19/h2-5,8,11,20H,6-7,9-10,12H2,1H3. The monoisotopic (exact) mass is 308 g/mol. The van der Waals surface area contributed by atoms with Crippen LogP contribution in [0.3, 0.4) is 0 Å². The molecule has 0 radical (unpaired) electrons. The van der Waals surface area contributed by atoms with Crippen LogP contribution in [0.2, 0.25) is 0 Å². The van der Waals surface area contributed by atoms with Crippen LogP contribution in [0.15, 0.2) is 42.1 Å². The Kier molecular flexibility index (Phi) is 3.75. The van der Waals surface area contributed by atoms with Crippen LogP contribution >= 0.6 is 0 Å². The molecule has 23 heavy (non-hydrogen) atoms. The van der Waals surface area contributed by atoms with Gasteiger partial charge in [0.05, 0.1) is 12.8 Å². The molecule has 2 aliphatic heterocycles. The van der Waals surface area contributed by atoms with Crippen molar-refractivity contribution in [2.45, 2.75) is 19.4 Å². The molecule has 1 aromatic heterocycles. The number of hydrogen-bond acceptors (Lipinski definition) is 4. The van der Waals surface area contributed by atoms with Crippen molar-refractivity contribution in [3.8, 4) is 11.5 Å². The van der Waals surface area contributed by atoms with E-state index in [0.29, 0.717) is 6.61 Å². The minimum atomic E-state index is 0.553. The second-order valence-electron chi connectivity index (χ2n) is 5.89. The first-order valence-electron chi connectivity index (χ1n) is 8.05. The molecule has 0 amide bonds. The van der Waals surface area contributed by atoms with Crippen molar-refractivity contribution >= 4 is 5.57 Å². The molecular formula is C19H20N2O2. The van der Waals surface area contributed by atoms with Crippen molar-refractivity contribution in [3.63, 3.8) is 0 Å². The normalized spacial score (nSPS) is 16.9. The van der Waals surface area contributed by atoms with E-state index in [9.17, 15) is 0 Å². The number of piperidine rings is 1. The van der Waals surface area contributed by atoms with Gasteiger partial charge in [-0.3, -0.25) is 4.98 Å². The molecule has 1 fully saturated rings. The van der Waals surface area contributed by atoms with Gasteiger partial charge in [-0.1, -0.05) is 11.6 Å². The van der Waals surface area contributed by atoms with Crippen molar-refractivity contribution in [1.82, 2.24) is 10.3 Å². The Bertz CT molecular complexity index is 760. The van der Waals surface area contributed by atoms with Gasteiger partial charge in [-0.25, -0.2) is 0 Å². The predicted molar refractivity (Wildman–Crippen MR) is 89.7 cm³/mol. The molecule has 4 nitrogen and oxygen atoms in total. The highest BCUT2D eigenvalue weighted by Gasteiger charge is 2.24. The topological polar surface area (TPSA) is 43.4 Å². The van der Waals surface area contributed by atoms with E-state index in [2.05, 4.69) is 17.4 Å². The van der Waals surface area contributed by atoms with Crippen LogP contribution in [0.1, 0.15) is 29.7 Å². The van der Waals surface area contributed by atoms with Gasteiger partial charge in [0.2, 0.25) is 0 Å². The van der Waals surface area contributed by atoms with E-state index in [0.717, 1.165) is 54.3 Å². The Hall–Kier alpha value is -2.33. The third-order valence-electron chi connectivity index (χ3n) is 4.53. The maximum atomic E-state index is 6.05. The lowest BCUT2D eigenvalue weighted by Crippen LogP contribution is -2.24. The Labute approximate surface area is 136 Å². The Balaban J connectivity index is 1.97. The van der Waals surface area contributed by atoms with Gasteiger partial charge in [-0.15, -0.1) is 0 Å². The van der Waals surface area contributed by atoms with Gasteiger partial charge in [-0.05, 0) is 50.2 Å². The fraction of sp³-hybridized carbons (Fsp3) is 0.316. The zero-order valence-electron chi connectivity index (χ0n) is 13.3. The molecule has 118 valence electrons. The number of fused-ring (bicyclic) bond motifs is 2. The quantitative estimate of drug-likeness (QED) is 0.879. The summed E-state index contributed by atoms with van der Waals surface area (Å²) in [5, 5.41) is 3.43. The van der Waals surface area contributed by atoms with E-state index >= 15 is 0 Å². The van der Waals surface area contributed by atoms with E-state index in [1.807, 2.05) is 24.4 Å². The van der Waals surface area contributed by atoms with Crippen LogP contribution in [-0.2, 0) is 6.61 Å². The SMILES string of the molecule is COc1ccc2c(c1)C(=C1CCNCC1)c1ncccc1CO2. The molecule has 4 heteroatoms. The average Bonchev–Trinajstić information content (AvgIpc) is 2.78. The van der Waals surface area contributed by atoms with Gasteiger partial charge in [0.25, 0.3) is 0 Å². The lowest BCUT2D eigenvalue weighted by atomic mass is 9.89. The summed E-state index contributed by atoms with van der Waals surface area (Å²) in [5.74, 6) is 1.75. The molecule has 0 saturated carbocycles. The minimum absolute atomic E-state index is 0.553. The lowest BCUT2D eigenvalue weighted by molar-refractivity contribution is 0.306. The van der Waals surface area contributed by atoms with E-state index < -0.39 is 0 Å². The number of rotatable bonds is 1. The highest BCUT2D eigenvalue weighted by Crippen LogP contribution is 2.41. The summed E-state index contributed by atoms with van der Waals surface area (Å²) in [6.45, 7) is 2.58. The third-order valence-corrected chi connectivity index (χ3v) is 4.53. The number of pyridine rings is 1. The summed E-state index contributed by atoms with van der Waals surface area (Å²) in [6, 6.07) is 10.1. The van der Waals surface area contributed by atoms with E-state index in [-0.39, 0.29) is 0 Å². The fourth-order valence-corrected chi connectivity index (χ4v) is 3.36. The van der Waals surface area contributed by atoms with Crippen LogP contribution in [0.25, 0.3) is 5.57 Å². The molecule has 4 rings (SSSR count). The van der Waals surface area contributed by atoms with Gasteiger partial charge in [0.1, 0.15) is 18.1 Å². The molecule has 0 atom stereocenters. The smallest absolute Gasteiger partial charge is 0.127 e.